The molecule has 24 heavy (non-hydrogen) atoms. The standard InChI is InChI=1S/C16H17BrN2O4S/c1-2-23-13-9-7-12(8-10-13)19-16(20)11-18-24(21,22)15-6-4-3-5-14(15)17/h3-10,18H,2,11H2,1H3,(H,19,20). The van der Waals surface area contributed by atoms with Crippen molar-refractivity contribution in [3.05, 3.63) is 53.0 Å². The normalized spacial score (nSPS) is 11.1. The molecule has 0 heterocycles. The first-order valence-electron chi connectivity index (χ1n) is 7.19. The summed E-state index contributed by atoms with van der Waals surface area (Å²) in [4.78, 5) is 12.0. The fourth-order valence-electron chi connectivity index (χ4n) is 1.91. The maximum atomic E-state index is 12.2. The number of anilines is 1. The Morgan fingerprint density at radius 2 is 1.79 bits per heavy atom. The Bertz CT molecular complexity index is 807. The lowest BCUT2D eigenvalue weighted by molar-refractivity contribution is -0.115. The lowest BCUT2D eigenvalue weighted by Gasteiger charge is -2.09. The van der Waals surface area contributed by atoms with Crippen LogP contribution < -0.4 is 14.8 Å². The summed E-state index contributed by atoms with van der Waals surface area (Å²) in [6.07, 6.45) is 0. The van der Waals surface area contributed by atoms with Crippen LogP contribution >= 0.6 is 15.9 Å². The van der Waals surface area contributed by atoms with Gasteiger partial charge in [-0.3, -0.25) is 4.79 Å². The number of carbonyl (C=O) groups is 1. The van der Waals surface area contributed by atoms with E-state index in [0.717, 1.165) is 0 Å². The lowest BCUT2D eigenvalue weighted by atomic mass is 10.3. The van der Waals surface area contributed by atoms with Gasteiger partial charge in [0.05, 0.1) is 18.0 Å². The van der Waals surface area contributed by atoms with Crippen LogP contribution in [0.3, 0.4) is 0 Å². The summed E-state index contributed by atoms with van der Waals surface area (Å²) < 4.78 is 32.4. The SMILES string of the molecule is CCOc1ccc(NC(=O)CNS(=O)(=O)c2ccccc2Br)cc1. The number of nitrogens with one attached hydrogen (secondary N) is 2. The van der Waals surface area contributed by atoms with Crippen molar-refractivity contribution < 1.29 is 17.9 Å². The molecular weight excluding hydrogens is 396 g/mol. The zero-order chi connectivity index (χ0) is 17.6. The Morgan fingerprint density at radius 3 is 2.42 bits per heavy atom. The molecule has 128 valence electrons. The maximum Gasteiger partial charge on any atom is 0.242 e. The van der Waals surface area contributed by atoms with Gasteiger partial charge in [0.1, 0.15) is 5.75 Å². The number of benzene rings is 2. The van der Waals surface area contributed by atoms with E-state index in [9.17, 15) is 13.2 Å². The number of sulfonamides is 1. The molecule has 0 radical (unpaired) electrons. The van der Waals surface area contributed by atoms with Gasteiger partial charge in [-0.05, 0) is 59.3 Å². The highest BCUT2D eigenvalue weighted by molar-refractivity contribution is 9.10. The van der Waals surface area contributed by atoms with Crippen LogP contribution in [0.4, 0.5) is 5.69 Å². The van der Waals surface area contributed by atoms with Gasteiger partial charge in [0, 0.05) is 10.2 Å². The molecule has 0 atom stereocenters. The third-order valence-corrected chi connectivity index (χ3v) is 5.41. The van der Waals surface area contributed by atoms with Crippen LogP contribution in [0.2, 0.25) is 0 Å². The number of carbonyl (C=O) groups excluding carboxylic acids is 1. The van der Waals surface area contributed by atoms with Crippen LogP contribution in [0.5, 0.6) is 5.75 Å². The minimum absolute atomic E-state index is 0.0823. The van der Waals surface area contributed by atoms with Crippen LogP contribution in [0.15, 0.2) is 57.9 Å². The van der Waals surface area contributed by atoms with E-state index in [1.165, 1.54) is 6.07 Å². The predicted octanol–water partition coefficient (Wildman–Crippen LogP) is 2.76. The summed E-state index contributed by atoms with van der Waals surface area (Å²) in [5, 5.41) is 2.62. The Labute approximate surface area is 149 Å². The summed E-state index contributed by atoms with van der Waals surface area (Å²) >= 11 is 3.18. The van der Waals surface area contributed by atoms with Gasteiger partial charge in [0.15, 0.2) is 0 Å². The van der Waals surface area contributed by atoms with Gasteiger partial charge in [0.25, 0.3) is 0 Å². The van der Waals surface area contributed by atoms with Crippen LogP contribution in [-0.2, 0) is 14.8 Å². The molecule has 2 rings (SSSR count). The minimum atomic E-state index is -3.77. The molecule has 0 spiro atoms. The lowest BCUT2D eigenvalue weighted by Crippen LogP contribution is -2.33. The van der Waals surface area contributed by atoms with Crippen molar-refractivity contribution in [1.82, 2.24) is 4.72 Å². The molecule has 0 fully saturated rings. The summed E-state index contributed by atoms with van der Waals surface area (Å²) in [5.41, 5.74) is 0.559. The van der Waals surface area contributed by atoms with Gasteiger partial charge >= 0.3 is 0 Å². The van der Waals surface area contributed by atoms with Crippen LogP contribution in [0.25, 0.3) is 0 Å². The predicted molar refractivity (Wildman–Crippen MR) is 95.6 cm³/mol. The van der Waals surface area contributed by atoms with Crippen molar-refractivity contribution in [2.75, 3.05) is 18.5 Å². The Balaban J connectivity index is 1.94. The van der Waals surface area contributed by atoms with E-state index in [1.54, 1.807) is 42.5 Å². The van der Waals surface area contributed by atoms with Crippen molar-refractivity contribution in [3.8, 4) is 5.75 Å². The maximum absolute atomic E-state index is 12.2. The first-order valence-corrected chi connectivity index (χ1v) is 9.47. The van der Waals surface area contributed by atoms with Gasteiger partial charge in [-0.25, -0.2) is 13.1 Å². The van der Waals surface area contributed by atoms with Crippen molar-refractivity contribution in [3.63, 3.8) is 0 Å². The molecular formula is C16H17BrN2O4S. The fourth-order valence-corrected chi connectivity index (χ4v) is 3.89. The van der Waals surface area contributed by atoms with E-state index in [4.69, 9.17) is 4.74 Å². The molecule has 0 aliphatic rings. The van der Waals surface area contributed by atoms with E-state index >= 15 is 0 Å². The van der Waals surface area contributed by atoms with Crippen molar-refractivity contribution in [2.24, 2.45) is 0 Å². The molecule has 2 aromatic carbocycles. The van der Waals surface area contributed by atoms with E-state index in [2.05, 4.69) is 26.0 Å². The number of hydrogen-bond donors (Lipinski definition) is 2. The average Bonchev–Trinajstić information content (AvgIpc) is 2.55. The third-order valence-electron chi connectivity index (χ3n) is 3.00. The van der Waals surface area contributed by atoms with Crippen molar-refractivity contribution in [1.29, 1.82) is 0 Å². The van der Waals surface area contributed by atoms with E-state index < -0.39 is 15.9 Å². The summed E-state index contributed by atoms with van der Waals surface area (Å²) in [5.74, 6) is 0.236. The highest BCUT2D eigenvalue weighted by atomic mass is 79.9. The van der Waals surface area contributed by atoms with E-state index in [-0.39, 0.29) is 11.4 Å². The molecule has 0 aliphatic heterocycles. The topological polar surface area (TPSA) is 84.5 Å². The summed E-state index contributed by atoms with van der Waals surface area (Å²) in [7, 11) is -3.77. The Hall–Kier alpha value is -1.90. The van der Waals surface area contributed by atoms with E-state index in [1.807, 2.05) is 6.92 Å². The molecule has 8 heteroatoms. The molecule has 1 amide bonds. The zero-order valence-corrected chi connectivity index (χ0v) is 15.4. The fraction of sp³-hybridized carbons (Fsp3) is 0.188. The van der Waals surface area contributed by atoms with E-state index in [0.29, 0.717) is 22.5 Å². The quantitative estimate of drug-likeness (QED) is 0.731. The molecule has 2 N–H and O–H groups in total. The monoisotopic (exact) mass is 412 g/mol. The summed E-state index contributed by atoms with van der Waals surface area (Å²) in [6, 6.07) is 13.2. The van der Waals surface area contributed by atoms with Crippen LogP contribution in [0, 0.1) is 0 Å². The van der Waals surface area contributed by atoms with Crippen molar-refractivity contribution >= 4 is 37.5 Å². The highest BCUT2D eigenvalue weighted by Gasteiger charge is 2.18. The Kier molecular flexibility index (Phi) is 6.36. The largest absolute Gasteiger partial charge is 0.494 e. The van der Waals surface area contributed by atoms with Gasteiger partial charge in [-0.1, -0.05) is 12.1 Å². The molecule has 0 aliphatic carbocycles. The van der Waals surface area contributed by atoms with Gasteiger partial charge in [-0.2, -0.15) is 0 Å². The van der Waals surface area contributed by atoms with Crippen LogP contribution in [0.1, 0.15) is 6.92 Å². The van der Waals surface area contributed by atoms with Gasteiger partial charge in [-0.15, -0.1) is 0 Å². The number of ether oxygens (including phenoxy) is 1. The molecule has 0 bridgehead atoms. The second kappa shape index (κ2) is 8.27. The molecule has 2 aromatic rings. The highest BCUT2D eigenvalue weighted by Crippen LogP contribution is 2.20. The molecule has 6 nitrogen and oxygen atoms in total. The molecule has 0 aromatic heterocycles. The number of amides is 1. The minimum Gasteiger partial charge on any atom is -0.494 e. The number of halogens is 1. The smallest absolute Gasteiger partial charge is 0.242 e. The average molecular weight is 413 g/mol. The van der Waals surface area contributed by atoms with Crippen LogP contribution in [-0.4, -0.2) is 27.5 Å². The third kappa shape index (κ3) is 5.05. The van der Waals surface area contributed by atoms with Crippen molar-refractivity contribution in [2.45, 2.75) is 11.8 Å². The first-order chi connectivity index (χ1) is 11.4. The first kappa shape index (κ1) is 18.4. The Morgan fingerprint density at radius 1 is 1.12 bits per heavy atom. The molecule has 0 saturated heterocycles. The number of hydrogen-bond acceptors (Lipinski definition) is 4. The summed E-state index contributed by atoms with van der Waals surface area (Å²) in [6.45, 7) is 2.08. The van der Waals surface area contributed by atoms with Gasteiger partial charge in [0.2, 0.25) is 15.9 Å². The van der Waals surface area contributed by atoms with Gasteiger partial charge < -0.3 is 10.1 Å². The second-order valence-corrected chi connectivity index (χ2v) is 7.35. The molecule has 0 saturated carbocycles. The zero-order valence-electron chi connectivity index (χ0n) is 13.0. The second-order valence-electron chi connectivity index (χ2n) is 4.76. The molecule has 0 unspecified atom stereocenters. The number of rotatable bonds is 7.